The summed E-state index contributed by atoms with van der Waals surface area (Å²) in [5.41, 5.74) is 6.12. The lowest BCUT2D eigenvalue weighted by Gasteiger charge is -2.08. The Balaban J connectivity index is 1.76. The molecule has 23 heavy (non-hydrogen) atoms. The Kier molecular flexibility index (Phi) is 4.24. The fraction of sp³-hybridized carbons (Fsp3) is 0.0952. The van der Waals surface area contributed by atoms with Gasteiger partial charge in [0, 0.05) is 11.3 Å². The Morgan fingerprint density at radius 3 is 2.04 bits per heavy atom. The zero-order valence-electron chi connectivity index (χ0n) is 13.3. The molecule has 0 aromatic heterocycles. The van der Waals surface area contributed by atoms with Crippen molar-refractivity contribution >= 4 is 11.6 Å². The fourth-order valence-electron chi connectivity index (χ4n) is 2.47. The molecule has 0 saturated carbocycles. The molecule has 0 radical (unpaired) electrons. The molecule has 0 aliphatic carbocycles. The molecule has 0 bridgehead atoms. The van der Waals surface area contributed by atoms with E-state index < -0.39 is 0 Å². The van der Waals surface area contributed by atoms with Crippen LogP contribution in [0, 0.1) is 13.8 Å². The minimum absolute atomic E-state index is 0.0899. The Bertz CT molecular complexity index is 820. The average Bonchev–Trinajstić information content (AvgIpc) is 2.59. The van der Waals surface area contributed by atoms with Crippen molar-refractivity contribution in [3.05, 3.63) is 89.5 Å². The molecule has 3 aromatic rings. The molecular formula is C21H19NO. The zero-order valence-corrected chi connectivity index (χ0v) is 13.3. The maximum absolute atomic E-state index is 12.3. The summed E-state index contributed by atoms with van der Waals surface area (Å²) in [6.45, 7) is 4.10. The van der Waals surface area contributed by atoms with E-state index in [1.165, 1.54) is 11.1 Å². The Labute approximate surface area is 136 Å². The number of hydrogen-bond donors (Lipinski definition) is 1. The van der Waals surface area contributed by atoms with Gasteiger partial charge in [-0.25, -0.2) is 0 Å². The van der Waals surface area contributed by atoms with Crippen LogP contribution in [0.4, 0.5) is 5.69 Å². The molecule has 3 rings (SSSR count). The van der Waals surface area contributed by atoms with Gasteiger partial charge in [-0.05, 0) is 60.4 Å². The van der Waals surface area contributed by atoms with Gasteiger partial charge < -0.3 is 5.32 Å². The summed E-state index contributed by atoms with van der Waals surface area (Å²) in [4.78, 5) is 12.3. The predicted octanol–water partition coefficient (Wildman–Crippen LogP) is 5.22. The number of nitrogens with one attached hydrogen (secondary N) is 1. The van der Waals surface area contributed by atoms with Crippen molar-refractivity contribution in [1.29, 1.82) is 0 Å². The van der Waals surface area contributed by atoms with E-state index >= 15 is 0 Å². The molecule has 0 aliphatic rings. The van der Waals surface area contributed by atoms with Gasteiger partial charge >= 0.3 is 0 Å². The number of hydrogen-bond acceptors (Lipinski definition) is 1. The van der Waals surface area contributed by atoms with Crippen molar-refractivity contribution in [2.24, 2.45) is 0 Å². The Morgan fingerprint density at radius 2 is 1.39 bits per heavy atom. The van der Waals surface area contributed by atoms with Gasteiger partial charge in [-0.1, -0.05) is 48.5 Å². The van der Waals surface area contributed by atoms with Crippen LogP contribution in [0.2, 0.25) is 0 Å². The molecule has 0 aliphatic heterocycles. The third-order valence-electron chi connectivity index (χ3n) is 4.02. The van der Waals surface area contributed by atoms with Crippen molar-refractivity contribution in [2.45, 2.75) is 13.8 Å². The summed E-state index contributed by atoms with van der Waals surface area (Å²) in [5.74, 6) is -0.0899. The van der Waals surface area contributed by atoms with Crippen molar-refractivity contribution in [3.8, 4) is 11.1 Å². The quantitative estimate of drug-likeness (QED) is 0.705. The second kappa shape index (κ2) is 6.49. The Hall–Kier alpha value is -2.87. The zero-order chi connectivity index (χ0) is 16.2. The minimum atomic E-state index is -0.0899. The van der Waals surface area contributed by atoms with Gasteiger partial charge in [0.05, 0.1) is 0 Å². The van der Waals surface area contributed by atoms with E-state index in [9.17, 15) is 4.79 Å². The maximum atomic E-state index is 12.3. The topological polar surface area (TPSA) is 29.1 Å². The van der Waals surface area contributed by atoms with Crippen molar-refractivity contribution in [3.63, 3.8) is 0 Å². The molecule has 2 heteroatoms. The molecule has 1 amide bonds. The molecule has 0 atom stereocenters. The molecule has 3 aromatic carbocycles. The molecule has 0 heterocycles. The first-order valence-corrected chi connectivity index (χ1v) is 7.67. The second-order valence-electron chi connectivity index (χ2n) is 5.70. The molecule has 0 unspecified atom stereocenters. The highest BCUT2D eigenvalue weighted by atomic mass is 16.1. The van der Waals surface area contributed by atoms with Crippen LogP contribution in [-0.4, -0.2) is 5.91 Å². The van der Waals surface area contributed by atoms with Crippen LogP contribution in [0.1, 0.15) is 21.5 Å². The van der Waals surface area contributed by atoms with Gasteiger partial charge in [0.25, 0.3) is 5.91 Å². The lowest BCUT2D eigenvalue weighted by Crippen LogP contribution is -2.11. The van der Waals surface area contributed by atoms with E-state index in [-0.39, 0.29) is 5.91 Å². The molecule has 1 N–H and O–H groups in total. The van der Waals surface area contributed by atoms with Gasteiger partial charge in [-0.3, -0.25) is 4.79 Å². The highest BCUT2D eigenvalue weighted by molar-refractivity contribution is 6.04. The normalized spacial score (nSPS) is 10.3. The summed E-state index contributed by atoms with van der Waals surface area (Å²) in [6, 6.07) is 23.7. The van der Waals surface area contributed by atoms with E-state index in [1.54, 1.807) is 0 Å². The van der Waals surface area contributed by atoms with Crippen LogP contribution in [0.25, 0.3) is 11.1 Å². The van der Waals surface area contributed by atoms with Crippen molar-refractivity contribution < 1.29 is 4.79 Å². The van der Waals surface area contributed by atoms with Gasteiger partial charge in [0.1, 0.15) is 0 Å². The fourth-order valence-corrected chi connectivity index (χ4v) is 2.47. The van der Waals surface area contributed by atoms with Crippen LogP contribution < -0.4 is 5.32 Å². The van der Waals surface area contributed by atoms with E-state index in [0.717, 1.165) is 16.8 Å². The van der Waals surface area contributed by atoms with Gasteiger partial charge in [0.2, 0.25) is 0 Å². The van der Waals surface area contributed by atoms with Gasteiger partial charge in [0.15, 0.2) is 0 Å². The van der Waals surface area contributed by atoms with Crippen LogP contribution in [-0.2, 0) is 0 Å². The summed E-state index contributed by atoms with van der Waals surface area (Å²) in [7, 11) is 0. The monoisotopic (exact) mass is 301 g/mol. The average molecular weight is 301 g/mol. The summed E-state index contributed by atoms with van der Waals surface area (Å²) in [6.07, 6.45) is 0. The van der Waals surface area contributed by atoms with Crippen molar-refractivity contribution in [1.82, 2.24) is 0 Å². The highest BCUT2D eigenvalue weighted by Gasteiger charge is 2.07. The number of anilines is 1. The number of amides is 1. The molecule has 114 valence electrons. The van der Waals surface area contributed by atoms with Gasteiger partial charge in [-0.15, -0.1) is 0 Å². The van der Waals surface area contributed by atoms with Crippen LogP contribution >= 0.6 is 0 Å². The molecule has 0 fully saturated rings. The number of carbonyl (C=O) groups is 1. The van der Waals surface area contributed by atoms with Crippen LogP contribution in [0.3, 0.4) is 0 Å². The number of benzene rings is 3. The highest BCUT2D eigenvalue weighted by Crippen LogP contribution is 2.20. The summed E-state index contributed by atoms with van der Waals surface area (Å²) in [5, 5.41) is 2.95. The largest absolute Gasteiger partial charge is 0.322 e. The molecule has 0 spiro atoms. The Morgan fingerprint density at radius 1 is 0.739 bits per heavy atom. The van der Waals surface area contributed by atoms with E-state index in [2.05, 4.69) is 24.4 Å². The van der Waals surface area contributed by atoms with Crippen LogP contribution in [0.15, 0.2) is 72.8 Å². The first-order valence-electron chi connectivity index (χ1n) is 7.67. The third kappa shape index (κ3) is 3.49. The minimum Gasteiger partial charge on any atom is -0.322 e. The predicted molar refractivity (Wildman–Crippen MR) is 95.7 cm³/mol. The third-order valence-corrected chi connectivity index (χ3v) is 4.02. The number of aryl methyl sites for hydroxylation is 2. The number of carbonyl (C=O) groups excluding carboxylic acids is 1. The second-order valence-corrected chi connectivity index (χ2v) is 5.70. The van der Waals surface area contributed by atoms with Gasteiger partial charge in [-0.2, -0.15) is 0 Å². The lowest BCUT2D eigenvalue weighted by molar-refractivity contribution is 0.102. The number of rotatable bonds is 3. The van der Waals surface area contributed by atoms with E-state index in [0.29, 0.717) is 5.56 Å². The summed E-state index contributed by atoms with van der Waals surface area (Å²) >= 11 is 0. The lowest BCUT2D eigenvalue weighted by atomic mass is 10.0. The van der Waals surface area contributed by atoms with Crippen molar-refractivity contribution in [2.75, 3.05) is 5.32 Å². The smallest absolute Gasteiger partial charge is 0.255 e. The van der Waals surface area contributed by atoms with E-state index in [1.807, 2.05) is 67.6 Å². The molecule has 2 nitrogen and oxygen atoms in total. The SMILES string of the molecule is Cc1ccc(NC(=O)c2ccc(-c3ccccc3)cc2)cc1C. The standard InChI is InChI=1S/C21H19NO/c1-15-8-13-20(14-16(15)2)22-21(23)19-11-9-18(10-12-19)17-6-4-3-5-7-17/h3-14H,1-2H3,(H,22,23). The maximum Gasteiger partial charge on any atom is 0.255 e. The first kappa shape index (κ1) is 15.0. The van der Waals surface area contributed by atoms with E-state index in [4.69, 9.17) is 0 Å². The summed E-state index contributed by atoms with van der Waals surface area (Å²) < 4.78 is 0. The molecular weight excluding hydrogens is 282 g/mol. The van der Waals surface area contributed by atoms with Crippen LogP contribution in [0.5, 0.6) is 0 Å². The molecule has 0 saturated heterocycles. The first-order chi connectivity index (χ1) is 11.1.